The topological polar surface area (TPSA) is 42.4 Å². The van der Waals surface area contributed by atoms with Crippen LogP contribution in [0, 0.1) is 0 Å². The molecule has 3 heteroatoms. The van der Waals surface area contributed by atoms with Crippen LogP contribution in [-0.4, -0.2) is 16.7 Å². The molecule has 0 fully saturated rings. The molecule has 0 aliphatic rings. The summed E-state index contributed by atoms with van der Waals surface area (Å²) in [5, 5.41) is 8.72. The van der Waals surface area contributed by atoms with E-state index < -0.39 is 0 Å². The maximum Gasteiger partial charge on any atom is 0.219 e. The van der Waals surface area contributed by atoms with Crippen LogP contribution in [0.3, 0.4) is 0 Å². The van der Waals surface area contributed by atoms with Gasteiger partial charge in [-0.3, -0.25) is 0 Å². The predicted molar refractivity (Wildman–Crippen MR) is 75.4 cm³/mol. The standard InChI is InChI=1S/C16H19NO2/c18-13-5-1-2-6-14-8-10-15(11-9-14)19-16-7-3-4-12-17-16/h3-4,7-12,18H,1-2,5-6,13H2. The molecule has 1 N–H and O–H groups in total. The minimum Gasteiger partial charge on any atom is -0.439 e. The fourth-order valence-electron chi connectivity index (χ4n) is 1.87. The molecule has 0 amide bonds. The highest BCUT2D eigenvalue weighted by Crippen LogP contribution is 2.19. The number of hydrogen-bond acceptors (Lipinski definition) is 3. The molecule has 0 saturated carbocycles. The first-order valence-corrected chi connectivity index (χ1v) is 6.67. The highest BCUT2D eigenvalue weighted by molar-refractivity contribution is 5.30. The number of rotatable bonds is 7. The Bertz CT molecular complexity index is 468. The van der Waals surface area contributed by atoms with Crippen molar-refractivity contribution in [3.05, 3.63) is 54.2 Å². The number of aliphatic hydroxyl groups is 1. The van der Waals surface area contributed by atoms with Gasteiger partial charge in [-0.15, -0.1) is 0 Å². The van der Waals surface area contributed by atoms with Gasteiger partial charge in [0.1, 0.15) is 5.75 Å². The van der Waals surface area contributed by atoms with Gasteiger partial charge < -0.3 is 9.84 Å². The highest BCUT2D eigenvalue weighted by Gasteiger charge is 1.98. The molecule has 0 bridgehead atoms. The molecule has 0 unspecified atom stereocenters. The van der Waals surface area contributed by atoms with Crippen LogP contribution in [0.25, 0.3) is 0 Å². The SMILES string of the molecule is OCCCCCc1ccc(Oc2ccccn2)cc1. The smallest absolute Gasteiger partial charge is 0.219 e. The Morgan fingerprint density at radius 2 is 1.79 bits per heavy atom. The van der Waals surface area contributed by atoms with Crippen molar-refractivity contribution in [2.75, 3.05) is 6.61 Å². The molecule has 0 saturated heterocycles. The van der Waals surface area contributed by atoms with Crippen LogP contribution in [0.4, 0.5) is 0 Å². The molecule has 1 heterocycles. The Hall–Kier alpha value is -1.87. The fourth-order valence-corrected chi connectivity index (χ4v) is 1.87. The average molecular weight is 257 g/mol. The molecule has 1 aromatic heterocycles. The second kappa shape index (κ2) is 7.54. The van der Waals surface area contributed by atoms with E-state index >= 15 is 0 Å². The number of benzene rings is 1. The van der Waals surface area contributed by atoms with Crippen molar-refractivity contribution in [2.24, 2.45) is 0 Å². The van der Waals surface area contributed by atoms with Crippen molar-refractivity contribution >= 4 is 0 Å². The van der Waals surface area contributed by atoms with Gasteiger partial charge in [0.25, 0.3) is 0 Å². The predicted octanol–water partition coefficient (Wildman–Crippen LogP) is 3.58. The quantitative estimate of drug-likeness (QED) is 0.771. The van der Waals surface area contributed by atoms with Crippen LogP contribution < -0.4 is 4.74 Å². The lowest BCUT2D eigenvalue weighted by molar-refractivity contribution is 0.283. The summed E-state index contributed by atoms with van der Waals surface area (Å²) in [5.74, 6) is 1.41. The van der Waals surface area contributed by atoms with Gasteiger partial charge in [-0.2, -0.15) is 0 Å². The van der Waals surface area contributed by atoms with E-state index in [1.54, 1.807) is 6.20 Å². The van der Waals surface area contributed by atoms with Gasteiger partial charge in [0.05, 0.1) is 0 Å². The molecule has 3 nitrogen and oxygen atoms in total. The van der Waals surface area contributed by atoms with Crippen LogP contribution in [0.1, 0.15) is 24.8 Å². The normalized spacial score (nSPS) is 10.4. The molecule has 0 aliphatic carbocycles. The van der Waals surface area contributed by atoms with Crippen LogP contribution in [0.2, 0.25) is 0 Å². The zero-order valence-electron chi connectivity index (χ0n) is 11.0. The summed E-state index contributed by atoms with van der Waals surface area (Å²) in [6, 6.07) is 13.7. The lowest BCUT2D eigenvalue weighted by Crippen LogP contribution is -1.90. The minimum atomic E-state index is 0.289. The van der Waals surface area contributed by atoms with Crippen molar-refractivity contribution in [1.82, 2.24) is 4.98 Å². The van der Waals surface area contributed by atoms with Gasteiger partial charge in [-0.1, -0.05) is 24.6 Å². The molecule has 0 spiro atoms. The van der Waals surface area contributed by atoms with E-state index in [2.05, 4.69) is 17.1 Å². The summed E-state index contributed by atoms with van der Waals surface area (Å²) in [4.78, 5) is 4.12. The number of aliphatic hydroxyl groups excluding tert-OH is 1. The Labute approximate surface area is 113 Å². The zero-order valence-corrected chi connectivity index (χ0v) is 11.0. The van der Waals surface area contributed by atoms with Gasteiger partial charge in [-0.05, 0) is 43.0 Å². The van der Waals surface area contributed by atoms with E-state index in [-0.39, 0.29) is 6.61 Å². The Morgan fingerprint density at radius 3 is 2.47 bits per heavy atom. The van der Waals surface area contributed by atoms with Crippen molar-refractivity contribution in [1.29, 1.82) is 0 Å². The van der Waals surface area contributed by atoms with Crippen molar-refractivity contribution in [3.63, 3.8) is 0 Å². The van der Waals surface area contributed by atoms with Crippen molar-refractivity contribution < 1.29 is 9.84 Å². The van der Waals surface area contributed by atoms with E-state index in [1.807, 2.05) is 30.3 Å². The molecule has 1 aromatic carbocycles. The summed E-state index contributed by atoms with van der Waals surface area (Å²) in [6.07, 6.45) is 5.83. The van der Waals surface area contributed by atoms with Crippen LogP contribution in [0.5, 0.6) is 11.6 Å². The summed E-state index contributed by atoms with van der Waals surface area (Å²) in [6.45, 7) is 0.289. The van der Waals surface area contributed by atoms with Gasteiger partial charge in [0.2, 0.25) is 5.88 Å². The average Bonchev–Trinajstić information content (AvgIpc) is 2.46. The molecular weight excluding hydrogens is 238 g/mol. The first kappa shape index (κ1) is 13.6. The fraction of sp³-hybridized carbons (Fsp3) is 0.312. The van der Waals surface area contributed by atoms with Gasteiger partial charge in [0.15, 0.2) is 0 Å². The third-order valence-corrected chi connectivity index (χ3v) is 2.91. The van der Waals surface area contributed by atoms with E-state index in [1.165, 1.54) is 5.56 Å². The molecule has 2 rings (SSSR count). The lowest BCUT2D eigenvalue weighted by Gasteiger charge is -2.05. The van der Waals surface area contributed by atoms with Crippen molar-refractivity contribution in [3.8, 4) is 11.6 Å². The molecule has 0 aliphatic heterocycles. The number of aromatic nitrogens is 1. The number of aryl methyl sites for hydroxylation is 1. The number of pyridine rings is 1. The number of nitrogens with zero attached hydrogens (tertiary/aromatic N) is 1. The largest absolute Gasteiger partial charge is 0.439 e. The first-order chi connectivity index (χ1) is 9.38. The highest BCUT2D eigenvalue weighted by atomic mass is 16.5. The van der Waals surface area contributed by atoms with Crippen LogP contribution in [-0.2, 0) is 6.42 Å². The maximum atomic E-state index is 8.72. The third-order valence-electron chi connectivity index (χ3n) is 2.91. The Balaban J connectivity index is 1.84. The molecule has 19 heavy (non-hydrogen) atoms. The zero-order chi connectivity index (χ0) is 13.3. The monoisotopic (exact) mass is 257 g/mol. The number of ether oxygens (including phenoxy) is 1. The van der Waals surface area contributed by atoms with Gasteiger partial charge in [0, 0.05) is 18.9 Å². The van der Waals surface area contributed by atoms with Crippen LogP contribution in [0.15, 0.2) is 48.7 Å². The minimum absolute atomic E-state index is 0.289. The van der Waals surface area contributed by atoms with Crippen molar-refractivity contribution in [2.45, 2.75) is 25.7 Å². The summed E-state index contributed by atoms with van der Waals surface area (Å²) in [7, 11) is 0. The Morgan fingerprint density at radius 1 is 0.947 bits per heavy atom. The molecule has 2 aromatic rings. The van der Waals surface area contributed by atoms with E-state index in [9.17, 15) is 0 Å². The van der Waals surface area contributed by atoms with Crippen LogP contribution >= 0.6 is 0 Å². The third kappa shape index (κ3) is 4.72. The molecule has 0 radical (unpaired) electrons. The molecule has 100 valence electrons. The number of unbranched alkanes of at least 4 members (excludes halogenated alkanes) is 2. The van der Waals surface area contributed by atoms with E-state index in [0.29, 0.717) is 5.88 Å². The molecule has 0 atom stereocenters. The number of hydrogen-bond donors (Lipinski definition) is 1. The lowest BCUT2D eigenvalue weighted by atomic mass is 10.1. The Kier molecular flexibility index (Phi) is 5.38. The summed E-state index contributed by atoms with van der Waals surface area (Å²) < 4.78 is 5.63. The van der Waals surface area contributed by atoms with E-state index in [0.717, 1.165) is 31.4 Å². The second-order valence-corrected chi connectivity index (χ2v) is 4.45. The first-order valence-electron chi connectivity index (χ1n) is 6.67. The second-order valence-electron chi connectivity index (χ2n) is 4.45. The molecular formula is C16H19NO2. The maximum absolute atomic E-state index is 8.72. The van der Waals surface area contributed by atoms with E-state index in [4.69, 9.17) is 9.84 Å². The van der Waals surface area contributed by atoms with Gasteiger partial charge in [-0.25, -0.2) is 4.98 Å². The van der Waals surface area contributed by atoms with Gasteiger partial charge >= 0.3 is 0 Å². The summed E-state index contributed by atoms with van der Waals surface area (Å²) in [5.41, 5.74) is 1.30. The summed E-state index contributed by atoms with van der Waals surface area (Å²) >= 11 is 0.